The number of hydrogen-bond donors (Lipinski definition) is 2. The molecule has 2 fully saturated rings. The molecule has 0 spiro atoms. The van der Waals surface area contributed by atoms with Crippen LogP contribution in [-0.4, -0.2) is 65.7 Å². The van der Waals surface area contributed by atoms with Gasteiger partial charge in [0.15, 0.2) is 0 Å². The van der Waals surface area contributed by atoms with Gasteiger partial charge in [-0.2, -0.15) is 15.0 Å². The summed E-state index contributed by atoms with van der Waals surface area (Å²) in [5, 5.41) is 7.17. The third-order valence-corrected chi connectivity index (χ3v) is 8.13. The molecule has 1 unspecified atom stereocenters. The topological polar surface area (TPSA) is 78.4 Å². The molecule has 1 aliphatic carbocycles. The Balaban J connectivity index is 1.58. The van der Waals surface area contributed by atoms with E-state index in [1.165, 1.54) is 57.9 Å². The highest BCUT2D eigenvalue weighted by Crippen LogP contribution is 2.30. The number of anilines is 4. The van der Waals surface area contributed by atoms with Crippen molar-refractivity contribution in [3.8, 4) is 5.75 Å². The van der Waals surface area contributed by atoms with E-state index in [-0.39, 0.29) is 0 Å². The first kappa shape index (κ1) is 26.2. The molecule has 2 N–H and O–H groups in total. The summed E-state index contributed by atoms with van der Waals surface area (Å²) in [6.45, 7) is 5.36. The van der Waals surface area contributed by atoms with Gasteiger partial charge in [0.25, 0.3) is 0 Å². The molecule has 2 aliphatic rings. The van der Waals surface area contributed by atoms with E-state index in [0.29, 0.717) is 29.9 Å². The third kappa shape index (κ3) is 6.87. The standard InChI is InChI=1S/C26H40IN7O/c1-4-34-15-9-12-22(34)18-28-24-30-25(29-20-10-7-5-6-8-11-20)32-26(31-24)33(2)21-13-14-23(35-3)19(16-21)17-27/h13-14,16,20,22H,4-12,15,17-18H2,1-3H3,(H2,28,29,30,31,32). The second kappa shape index (κ2) is 12.9. The van der Waals surface area contributed by atoms with Crippen molar-refractivity contribution in [1.82, 2.24) is 19.9 Å². The quantitative estimate of drug-likeness (QED) is 0.209. The lowest BCUT2D eigenvalue weighted by Crippen LogP contribution is -2.35. The van der Waals surface area contributed by atoms with Gasteiger partial charge in [0.1, 0.15) is 5.75 Å². The molecule has 35 heavy (non-hydrogen) atoms. The monoisotopic (exact) mass is 593 g/mol. The lowest BCUT2D eigenvalue weighted by atomic mass is 10.1. The molecule has 2 aromatic rings. The highest BCUT2D eigenvalue weighted by atomic mass is 127. The maximum atomic E-state index is 5.52. The Hall–Kier alpha value is -1.88. The number of methoxy groups -OCH3 is 1. The number of nitrogens with zero attached hydrogens (tertiary/aromatic N) is 5. The summed E-state index contributed by atoms with van der Waals surface area (Å²) >= 11 is 2.37. The van der Waals surface area contributed by atoms with Crippen molar-refractivity contribution < 1.29 is 4.74 Å². The number of hydrogen-bond acceptors (Lipinski definition) is 8. The molecule has 1 atom stereocenters. The van der Waals surface area contributed by atoms with Crippen molar-refractivity contribution in [3.05, 3.63) is 23.8 Å². The number of likely N-dealkylation sites (tertiary alicyclic amines) is 1. The molecule has 2 heterocycles. The fraction of sp³-hybridized carbons (Fsp3) is 0.654. The first-order chi connectivity index (χ1) is 17.1. The van der Waals surface area contributed by atoms with Crippen molar-refractivity contribution in [2.75, 3.05) is 49.3 Å². The molecular formula is C26H40IN7O. The number of halogens is 1. The van der Waals surface area contributed by atoms with E-state index in [4.69, 9.17) is 19.7 Å². The van der Waals surface area contributed by atoms with E-state index >= 15 is 0 Å². The summed E-state index contributed by atoms with van der Waals surface area (Å²) in [4.78, 5) is 19.1. The Morgan fingerprint density at radius 1 is 1.06 bits per heavy atom. The molecule has 8 nitrogen and oxygen atoms in total. The fourth-order valence-corrected chi connectivity index (χ4v) is 5.81. The lowest BCUT2D eigenvalue weighted by molar-refractivity contribution is 0.277. The van der Waals surface area contributed by atoms with Gasteiger partial charge in [-0.3, -0.25) is 4.90 Å². The maximum Gasteiger partial charge on any atom is 0.236 e. The van der Waals surface area contributed by atoms with Gasteiger partial charge in [-0.05, 0) is 57.0 Å². The molecule has 4 rings (SSSR count). The molecule has 1 saturated heterocycles. The van der Waals surface area contributed by atoms with Crippen LogP contribution in [0.2, 0.25) is 0 Å². The van der Waals surface area contributed by atoms with E-state index in [1.54, 1.807) is 7.11 Å². The Morgan fingerprint density at radius 3 is 2.54 bits per heavy atom. The molecule has 1 saturated carbocycles. The van der Waals surface area contributed by atoms with Gasteiger partial charge < -0.3 is 20.3 Å². The zero-order valence-electron chi connectivity index (χ0n) is 21.4. The Bertz CT molecular complexity index is 951. The average Bonchev–Trinajstić information content (AvgIpc) is 3.20. The Morgan fingerprint density at radius 2 is 1.83 bits per heavy atom. The molecule has 0 bridgehead atoms. The molecule has 9 heteroatoms. The van der Waals surface area contributed by atoms with Gasteiger partial charge in [0.05, 0.1) is 7.11 Å². The van der Waals surface area contributed by atoms with Gasteiger partial charge >= 0.3 is 0 Å². The molecule has 0 amide bonds. The lowest BCUT2D eigenvalue weighted by Gasteiger charge is -2.24. The number of rotatable bonds is 10. The first-order valence-corrected chi connectivity index (χ1v) is 14.6. The summed E-state index contributed by atoms with van der Waals surface area (Å²) in [6, 6.07) is 7.18. The highest BCUT2D eigenvalue weighted by Gasteiger charge is 2.23. The molecule has 1 aromatic carbocycles. The molecule has 1 aromatic heterocycles. The number of alkyl halides is 1. The number of likely N-dealkylation sites (N-methyl/N-ethyl adjacent to an activating group) is 1. The smallest absolute Gasteiger partial charge is 0.236 e. The van der Waals surface area contributed by atoms with Crippen LogP contribution in [0, 0.1) is 0 Å². The number of ether oxygens (including phenoxy) is 1. The zero-order chi connectivity index (χ0) is 24.6. The van der Waals surface area contributed by atoms with E-state index < -0.39 is 0 Å². The van der Waals surface area contributed by atoms with Gasteiger partial charge in [0.2, 0.25) is 17.8 Å². The second-order valence-corrected chi connectivity index (χ2v) is 10.4. The summed E-state index contributed by atoms with van der Waals surface area (Å²) < 4.78 is 6.39. The summed E-state index contributed by atoms with van der Waals surface area (Å²) in [5.41, 5.74) is 2.19. The van der Waals surface area contributed by atoms with Crippen LogP contribution in [0.1, 0.15) is 63.9 Å². The number of nitrogens with one attached hydrogen (secondary N) is 2. The molecular weight excluding hydrogens is 553 g/mol. The summed E-state index contributed by atoms with van der Waals surface area (Å²) in [6.07, 6.45) is 9.99. The fourth-order valence-electron chi connectivity index (χ4n) is 5.21. The van der Waals surface area contributed by atoms with E-state index in [0.717, 1.165) is 34.5 Å². The van der Waals surface area contributed by atoms with Crippen LogP contribution in [0.4, 0.5) is 23.5 Å². The number of aromatic nitrogens is 3. The van der Waals surface area contributed by atoms with Crippen molar-refractivity contribution >= 4 is 46.1 Å². The maximum absolute atomic E-state index is 5.52. The summed E-state index contributed by atoms with van der Waals surface area (Å²) in [5.74, 6) is 2.85. The average molecular weight is 594 g/mol. The van der Waals surface area contributed by atoms with E-state index in [1.807, 2.05) is 18.0 Å². The molecule has 1 aliphatic heterocycles. The van der Waals surface area contributed by atoms with Crippen LogP contribution in [0.3, 0.4) is 0 Å². The van der Waals surface area contributed by atoms with Crippen molar-refractivity contribution in [1.29, 1.82) is 0 Å². The van der Waals surface area contributed by atoms with Crippen LogP contribution >= 0.6 is 22.6 Å². The van der Waals surface area contributed by atoms with Crippen LogP contribution in [0.5, 0.6) is 5.75 Å². The summed E-state index contributed by atoms with van der Waals surface area (Å²) in [7, 11) is 3.73. The minimum atomic E-state index is 0.419. The predicted molar refractivity (Wildman–Crippen MR) is 152 cm³/mol. The van der Waals surface area contributed by atoms with Crippen molar-refractivity contribution in [3.63, 3.8) is 0 Å². The van der Waals surface area contributed by atoms with Crippen LogP contribution in [-0.2, 0) is 4.43 Å². The SMILES string of the molecule is CCN1CCCC1CNc1nc(NC2CCCCCC2)nc(N(C)c2ccc(OC)c(CI)c2)n1. The van der Waals surface area contributed by atoms with Crippen LogP contribution in [0.25, 0.3) is 0 Å². The molecule has 192 valence electrons. The minimum absolute atomic E-state index is 0.419. The number of benzene rings is 1. The third-order valence-electron chi connectivity index (χ3n) is 7.31. The van der Waals surface area contributed by atoms with Crippen LogP contribution in [0.15, 0.2) is 18.2 Å². The van der Waals surface area contributed by atoms with Crippen molar-refractivity contribution in [2.45, 2.75) is 74.8 Å². The first-order valence-electron chi connectivity index (χ1n) is 13.1. The van der Waals surface area contributed by atoms with E-state index in [2.05, 4.69) is 57.2 Å². The second-order valence-electron chi connectivity index (χ2n) is 9.61. The van der Waals surface area contributed by atoms with E-state index in [9.17, 15) is 0 Å². The largest absolute Gasteiger partial charge is 0.496 e. The Kier molecular flexibility index (Phi) is 9.65. The zero-order valence-corrected chi connectivity index (χ0v) is 23.6. The minimum Gasteiger partial charge on any atom is -0.496 e. The highest BCUT2D eigenvalue weighted by molar-refractivity contribution is 14.1. The van der Waals surface area contributed by atoms with Crippen molar-refractivity contribution in [2.24, 2.45) is 0 Å². The normalized spacial score (nSPS) is 19.4. The van der Waals surface area contributed by atoms with Gasteiger partial charge in [0, 0.05) is 41.4 Å². The Labute approximate surface area is 223 Å². The van der Waals surface area contributed by atoms with Gasteiger partial charge in [-0.1, -0.05) is 55.2 Å². The van der Waals surface area contributed by atoms with Crippen LogP contribution < -0.4 is 20.3 Å². The predicted octanol–water partition coefficient (Wildman–Crippen LogP) is 5.61. The van der Waals surface area contributed by atoms with Gasteiger partial charge in [-0.15, -0.1) is 0 Å². The molecule has 0 radical (unpaired) electrons. The van der Waals surface area contributed by atoms with Gasteiger partial charge in [-0.25, -0.2) is 0 Å².